The molecule has 7 nitrogen and oxygen atoms in total. The molecule has 0 fully saturated rings. The summed E-state index contributed by atoms with van der Waals surface area (Å²) in [6.45, 7) is 0. The van der Waals surface area contributed by atoms with Crippen LogP contribution in [0.25, 0.3) is 0 Å². The van der Waals surface area contributed by atoms with Crippen LogP contribution in [0.1, 0.15) is 22.3 Å². The van der Waals surface area contributed by atoms with E-state index in [1.807, 2.05) is 30.3 Å². The third-order valence-corrected chi connectivity index (χ3v) is 3.67. The predicted molar refractivity (Wildman–Crippen MR) is 91.1 cm³/mol. The third-order valence-electron chi connectivity index (χ3n) is 3.67. The van der Waals surface area contributed by atoms with Crippen molar-refractivity contribution in [2.45, 2.75) is 18.9 Å². The molecule has 0 aliphatic heterocycles. The zero-order valence-electron chi connectivity index (χ0n) is 13.7. The number of carbonyl (C=O) groups is 2. The molecular formula is C18H18N2O5. The second-order valence-corrected chi connectivity index (χ2v) is 5.38. The van der Waals surface area contributed by atoms with E-state index in [0.717, 1.165) is 5.56 Å². The summed E-state index contributed by atoms with van der Waals surface area (Å²) in [6.07, 6.45) is 0.938. The molecule has 0 aliphatic carbocycles. The van der Waals surface area contributed by atoms with E-state index in [4.69, 9.17) is 4.74 Å². The van der Waals surface area contributed by atoms with Gasteiger partial charge in [0.25, 0.3) is 11.6 Å². The van der Waals surface area contributed by atoms with Crippen LogP contribution in [0.2, 0.25) is 0 Å². The van der Waals surface area contributed by atoms with Gasteiger partial charge in [0.1, 0.15) is 6.04 Å². The maximum Gasteiger partial charge on any atom is 0.328 e. The van der Waals surface area contributed by atoms with Crippen molar-refractivity contribution >= 4 is 17.6 Å². The second-order valence-electron chi connectivity index (χ2n) is 5.38. The normalized spacial score (nSPS) is 11.4. The average Bonchev–Trinajstić information content (AvgIpc) is 2.65. The Morgan fingerprint density at radius 3 is 2.52 bits per heavy atom. The molecule has 0 aliphatic rings. The predicted octanol–water partition coefficient (Wildman–Crippen LogP) is 2.50. The lowest BCUT2D eigenvalue weighted by molar-refractivity contribution is -0.384. The van der Waals surface area contributed by atoms with Gasteiger partial charge in [-0.05, 0) is 24.5 Å². The highest BCUT2D eigenvalue weighted by Gasteiger charge is 2.22. The number of nitrogens with zero attached hydrogens (tertiary/aromatic N) is 1. The van der Waals surface area contributed by atoms with Crippen LogP contribution in [-0.4, -0.2) is 30.0 Å². The summed E-state index contributed by atoms with van der Waals surface area (Å²) in [4.78, 5) is 34.5. The quantitative estimate of drug-likeness (QED) is 0.473. The molecular weight excluding hydrogens is 324 g/mol. The lowest BCUT2D eigenvalue weighted by Gasteiger charge is -2.16. The average molecular weight is 342 g/mol. The van der Waals surface area contributed by atoms with Gasteiger partial charge in [-0.15, -0.1) is 0 Å². The van der Waals surface area contributed by atoms with E-state index < -0.39 is 22.8 Å². The van der Waals surface area contributed by atoms with Crippen LogP contribution in [0.3, 0.4) is 0 Å². The maximum absolute atomic E-state index is 12.3. The Balaban J connectivity index is 2.08. The molecule has 0 bridgehead atoms. The van der Waals surface area contributed by atoms with E-state index in [1.165, 1.54) is 31.4 Å². The number of hydrogen-bond acceptors (Lipinski definition) is 5. The van der Waals surface area contributed by atoms with Gasteiger partial charge in [0.05, 0.1) is 12.0 Å². The first-order valence-corrected chi connectivity index (χ1v) is 7.68. The Bertz CT molecular complexity index is 761. The molecule has 25 heavy (non-hydrogen) atoms. The number of aryl methyl sites for hydroxylation is 1. The first-order valence-electron chi connectivity index (χ1n) is 7.68. The van der Waals surface area contributed by atoms with Gasteiger partial charge in [0.2, 0.25) is 0 Å². The molecule has 0 heterocycles. The number of nitro benzene ring substituents is 1. The minimum absolute atomic E-state index is 0.114. The summed E-state index contributed by atoms with van der Waals surface area (Å²) in [7, 11) is 1.25. The molecule has 0 unspecified atom stereocenters. The number of hydrogen-bond donors (Lipinski definition) is 1. The second kappa shape index (κ2) is 8.58. The summed E-state index contributed by atoms with van der Waals surface area (Å²) < 4.78 is 4.74. The smallest absolute Gasteiger partial charge is 0.328 e. The Morgan fingerprint density at radius 2 is 1.88 bits per heavy atom. The van der Waals surface area contributed by atoms with Gasteiger partial charge >= 0.3 is 5.97 Å². The maximum atomic E-state index is 12.3. The number of benzene rings is 2. The molecule has 1 N–H and O–H groups in total. The fourth-order valence-electron chi connectivity index (χ4n) is 2.35. The van der Waals surface area contributed by atoms with Gasteiger partial charge in [-0.1, -0.05) is 36.4 Å². The van der Waals surface area contributed by atoms with E-state index in [0.29, 0.717) is 12.8 Å². The van der Waals surface area contributed by atoms with Crippen molar-refractivity contribution in [1.29, 1.82) is 0 Å². The molecule has 0 spiro atoms. The van der Waals surface area contributed by atoms with Crippen LogP contribution in [0, 0.1) is 10.1 Å². The van der Waals surface area contributed by atoms with E-state index >= 15 is 0 Å². The lowest BCUT2D eigenvalue weighted by Crippen LogP contribution is -2.41. The fourth-order valence-corrected chi connectivity index (χ4v) is 2.35. The molecule has 0 radical (unpaired) electrons. The highest BCUT2D eigenvalue weighted by molar-refractivity contribution is 5.97. The van der Waals surface area contributed by atoms with Crippen molar-refractivity contribution < 1.29 is 19.2 Å². The van der Waals surface area contributed by atoms with Gasteiger partial charge in [0.15, 0.2) is 0 Å². The van der Waals surface area contributed by atoms with Crippen LogP contribution in [0.15, 0.2) is 54.6 Å². The molecule has 2 aromatic carbocycles. The van der Waals surface area contributed by atoms with Gasteiger partial charge in [-0.2, -0.15) is 0 Å². The van der Waals surface area contributed by atoms with Crippen molar-refractivity contribution in [3.63, 3.8) is 0 Å². The number of nitrogens with one attached hydrogen (secondary N) is 1. The molecule has 1 atom stereocenters. The Hall–Kier alpha value is -3.22. The lowest BCUT2D eigenvalue weighted by atomic mass is 10.0. The first kappa shape index (κ1) is 18.1. The van der Waals surface area contributed by atoms with E-state index in [1.54, 1.807) is 0 Å². The Kier molecular flexibility index (Phi) is 6.22. The number of rotatable bonds is 7. The molecule has 1 amide bonds. The molecule has 0 saturated heterocycles. The molecule has 2 rings (SSSR count). The first-order chi connectivity index (χ1) is 12.0. The van der Waals surface area contributed by atoms with Crippen molar-refractivity contribution in [3.8, 4) is 0 Å². The monoisotopic (exact) mass is 342 g/mol. The zero-order chi connectivity index (χ0) is 18.2. The fraction of sp³-hybridized carbons (Fsp3) is 0.222. The van der Waals surface area contributed by atoms with Crippen LogP contribution < -0.4 is 5.32 Å². The van der Waals surface area contributed by atoms with E-state index in [-0.39, 0.29) is 11.3 Å². The molecule has 0 aromatic heterocycles. The number of non-ortho nitro benzene ring substituents is 1. The molecule has 7 heteroatoms. The highest BCUT2D eigenvalue weighted by Crippen LogP contribution is 2.14. The largest absolute Gasteiger partial charge is 0.467 e. The summed E-state index contributed by atoms with van der Waals surface area (Å²) in [5, 5.41) is 13.4. The summed E-state index contributed by atoms with van der Waals surface area (Å²) in [5.74, 6) is -1.12. The van der Waals surface area contributed by atoms with Crippen LogP contribution in [0.4, 0.5) is 5.69 Å². The number of ether oxygens (including phenoxy) is 1. The number of nitro groups is 1. The van der Waals surface area contributed by atoms with Crippen molar-refractivity contribution in [1.82, 2.24) is 5.32 Å². The number of carbonyl (C=O) groups excluding carboxylic acids is 2. The molecule has 130 valence electrons. The van der Waals surface area contributed by atoms with Crippen LogP contribution in [-0.2, 0) is 16.0 Å². The van der Waals surface area contributed by atoms with E-state index in [9.17, 15) is 19.7 Å². The Labute approximate surface area is 144 Å². The summed E-state index contributed by atoms with van der Waals surface area (Å²) in [5.41, 5.74) is 0.954. The van der Waals surface area contributed by atoms with Gasteiger partial charge in [-0.25, -0.2) is 4.79 Å². The van der Waals surface area contributed by atoms with Gasteiger partial charge < -0.3 is 10.1 Å². The molecule has 0 saturated carbocycles. The van der Waals surface area contributed by atoms with E-state index in [2.05, 4.69) is 5.32 Å². The number of esters is 1. The SMILES string of the molecule is COC(=O)[C@@H](CCc1ccccc1)NC(=O)c1cccc([N+](=O)[O-])c1. The standard InChI is InChI=1S/C18H18N2O5/c1-25-18(22)16(11-10-13-6-3-2-4-7-13)19-17(21)14-8-5-9-15(12-14)20(23)24/h2-9,12,16H,10-11H2,1H3,(H,19,21)/t16-/m1/s1. The molecule has 2 aromatic rings. The minimum atomic E-state index is -0.836. The number of methoxy groups -OCH3 is 1. The van der Waals surface area contributed by atoms with Crippen molar-refractivity contribution in [2.24, 2.45) is 0 Å². The third kappa shape index (κ3) is 5.13. The van der Waals surface area contributed by atoms with Crippen LogP contribution in [0.5, 0.6) is 0 Å². The summed E-state index contributed by atoms with van der Waals surface area (Å²) >= 11 is 0. The van der Waals surface area contributed by atoms with Gasteiger partial charge in [0, 0.05) is 17.7 Å². The zero-order valence-corrected chi connectivity index (χ0v) is 13.7. The number of amides is 1. The summed E-state index contributed by atoms with van der Waals surface area (Å²) in [6, 6.07) is 14.0. The highest BCUT2D eigenvalue weighted by atomic mass is 16.6. The van der Waals surface area contributed by atoms with Gasteiger partial charge in [-0.3, -0.25) is 14.9 Å². The Morgan fingerprint density at radius 1 is 1.16 bits per heavy atom. The van der Waals surface area contributed by atoms with Crippen LogP contribution >= 0.6 is 0 Å². The topological polar surface area (TPSA) is 98.5 Å². The van der Waals surface area contributed by atoms with Crippen molar-refractivity contribution in [3.05, 3.63) is 75.8 Å². The van der Waals surface area contributed by atoms with Crippen molar-refractivity contribution in [2.75, 3.05) is 7.11 Å². The minimum Gasteiger partial charge on any atom is -0.467 e.